The highest BCUT2D eigenvalue weighted by molar-refractivity contribution is 7.23. The Bertz CT molecular complexity index is 1940. The number of anilines is 2. The third kappa shape index (κ3) is 4.33. The molecule has 45 heavy (non-hydrogen) atoms. The summed E-state index contributed by atoms with van der Waals surface area (Å²) in [7, 11) is 0. The van der Waals surface area contributed by atoms with E-state index in [0.717, 1.165) is 30.7 Å². The number of fused-ring (bicyclic) bond motifs is 4. The topological polar surface area (TPSA) is 121 Å². The Kier molecular flexibility index (Phi) is 6.73. The summed E-state index contributed by atoms with van der Waals surface area (Å²) in [6.07, 6.45) is 1.43. The Morgan fingerprint density at radius 3 is 2.93 bits per heavy atom. The Morgan fingerprint density at radius 2 is 2.11 bits per heavy atom. The van der Waals surface area contributed by atoms with Gasteiger partial charge in [-0.25, -0.2) is 13.2 Å². The van der Waals surface area contributed by atoms with Gasteiger partial charge in [0.15, 0.2) is 11.6 Å². The summed E-state index contributed by atoms with van der Waals surface area (Å²) in [5, 5.41) is 20.8. The summed E-state index contributed by atoms with van der Waals surface area (Å²) in [4.78, 5) is 13.4. The van der Waals surface area contributed by atoms with Gasteiger partial charge in [0, 0.05) is 30.5 Å². The SMILES string of the molecule is N#Cc1c(N)sc2c(F)ccc(-c3c(Cl)c4c5c(nc(OC[C@@]67CCCN6C[C@H](F)C7)nc5c3F)N3CCC(O)C[C@H]3CO4)c12. The standard InChI is InChI=1S/C31H28ClF3N6O3S/c32-23-21(17-2-3-19(34)27-20(17)18(10-36)28(37)45-27)24(35)25-22-26(23)43-12-15-8-16(42)4-7-41(15)29(22)39-30(38-25)44-13-31-5-1-6-40(31)11-14(33)9-31/h2-3,14-16,42H,1,4-9,11-13,37H2/t14-,15+,16?,31+/m1/s1. The molecule has 3 N–H and O–H groups in total. The van der Waals surface area contributed by atoms with Crippen LogP contribution in [0.2, 0.25) is 5.02 Å². The van der Waals surface area contributed by atoms with Crippen LogP contribution in [-0.4, -0.2) is 76.7 Å². The van der Waals surface area contributed by atoms with E-state index in [1.165, 1.54) is 12.1 Å². The molecule has 2 aromatic heterocycles. The molecular formula is C31H28ClF3N6O3S. The molecule has 0 amide bonds. The predicted molar refractivity (Wildman–Crippen MR) is 165 cm³/mol. The van der Waals surface area contributed by atoms with Gasteiger partial charge in [-0.05, 0) is 43.9 Å². The minimum atomic E-state index is -0.949. The van der Waals surface area contributed by atoms with Crippen molar-refractivity contribution in [3.63, 3.8) is 0 Å². The van der Waals surface area contributed by atoms with Crippen LogP contribution in [0.1, 0.15) is 37.7 Å². The van der Waals surface area contributed by atoms with Crippen molar-refractivity contribution in [2.45, 2.75) is 56.0 Å². The van der Waals surface area contributed by atoms with Crippen LogP contribution in [0.3, 0.4) is 0 Å². The van der Waals surface area contributed by atoms with Crippen molar-refractivity contribution >= 4 is 54.7 Å². The van der Waals surface area contributed by atoms with Crippen LogP contribution in [0.25, 0.3) is 32.1 Å². The maximum Gasteiger partial charge on any atom is 0.319 e. The number of ether oxygens (including phenoxy) is 2. The molecule has 2 aromatic carbocycles. The first-order chi connectivity index (χ1) is 21.7. The van der Waals surface area contributed by atoms with Crippen LogP contribution in [-0.2, 0) is 0 Å². The van der Waals surface area contributed by atoms with Gasteiger partial charge in [-0.1, -0.05) is 17.7 Å². The quantitative estimate of drug-likeness (QED) is 0.290. The number of nitrogens with zero attached hydrogens (tertiary/aromatic N) is 5. The normalized spacial score (nSPS) is 26.0. The van der Waals surface area contributed by atoms with Gasteiger partial charge in [-0.2, -0.15) is 15.2 Å². The minimum absolute atomic E-state index is 0.0217. The highest BCUT2D eigenvalue weighted by Gasteiger charge is 2.49. The number of nitrogen functional groups attached to an aromatic ring is 1. The molecule has 4 aliphatic rings. The van der Waals surface area contributed by atoms with Gasteiger partial charge in [-0.15, -0.1) is 11.3 Å². The summed E-state index contributed by atoms with van der Waals surface area (Å²) in [5.74, 6) is -0.913. The number of hydrogen-bond acceptors (Lipinski definition) is 10. The molecule has 4 aromatic rings. The Balaban J connectivity index is 1.34. The zero-order chi connectivity index (χ0) is 31.2. The zero-order valence-electron chi connectivity index (χ0n) is 24.0. The number of nitriles is 1. The molecule has 0 radical (unpaired) electrons. The fourth-order valence-corrected chi connectivity index (χ4v) is 8.96. The van der Waals surface area contributed by atoms with E-state index in [4.69, 9.17) is 31.8 Å². The average Bonchev–Trinajstić information content (AvgIpc) is 3.62. The van der Waals surface area contributed by atoms with E-state index in [0.29, 0.717) is 38.2 Å². The van der Waals surface area contributed by atoms with Crippen LogP contribution >= 0.6 is 22.9 Å². The van der Waals surface area contributed by atoms with E-state index in [9.17, 15) is 19.1 Å². The lowest BCUT2D eigenvalue weighted by molar-refractivity contribution is 0.107. The monoisotopic (exact) mass is 656 g/mol. The van der Waals surface area contributed by atoms with Gasteiger partial charge in [-0.3, -0.25) is 4.90 Å². The molecule has 6 heterocycles. The van der Waals surface area contributed by atoms with E-state index in [2.05, 4.69) is 9.88 Å². The molecule has 4 aliphatic heterocycles. The van der Waals surface area contributed by atoms with Gasteiger partial charge < -0.3 is 25.2 Å². The smallest absolute Gasteiger partial charge is 0.319 e. The summed E-state index contributed by atoms with van der Waals surface area (Å²) >= 11 is 7.87. The third-order valence-electron chi connectivity index (χ3n) is 9.75. The number of nitrogens with two attached hydrogens (primary N) is 1. The lowest BCUT2D eigenvalue weighted by Gasteiger charge is -2.37. The van der Waals surface area contributed by atoms with E-state index < -0.39 is 29.4 Å². The fraction of sp³-hybridized carbons (Fsp3) is 0.452. The number of benzene rings is 2. The van der Waals surface area contributed by atoms with Crippen molar-refractivity contribution in [3.05, 3.63) is 34.4 Å². The maximum atomic E-state index is 17.0. The molecule has 234 valence electrons. The summed E-state index contributed by atoms with van der Waals surface area (Å²) < 4.78 is 58.9. The number of halogens is 4. The molecule has 0 spiro atoms. The first kappa shape index (κ1) is 28.9. The van der Waals surface area contributed by atoms with Crippen molar-refractivity contribution in [3.8, 4) is 29.0 Å². The summed E-state index contributed by atoms with van der Waals surface area (Å²) in [5.41, 5.74) is 5.54. The van der Waals surface area contributed by atoms with E-state index in [1.807, 2.05) is 11.0 Å². The molecule has 0 saturated carbocycles. The minimum Gasteiger partial charge on any atom is -0.489 e. The number of hydrogen-bond donors (Lipinski definition) is 2. The first-order valence-electron chi connectivity index (χ1n) is 14.9. The molecule has 0 aliphatic carbocycles. The lowest BCUT2D eigenvalue weighted by Crippen LogP contribution is -2.47. The van der Waals surface area contributed by atoms with Crippen LogP contribution in [0.5, 0.6) is 11.8 Å². The second kappa shape index (κ2) is 10.5. The molecule has 3 fully saturated rings. The Labute approximate surface area is 264 Å². The van der Waals surface area contributed by atoms with Crippen LogP contribution in [0.4, 0.5) is 24.0 Å². The third-order valence-corrected chi connectivity index (χ3v) is 11.1. The average molecular weight is 657 g/mol. The van der Waals surface area contributed by atoms with Crippen LogP contribution in [0.15, 0.2) is 12.1 Å². The molecule has 3 saturated heterocycles. The molecule has 8 rings (SSSR count). The second-order valence-electron chi connectivity index (χ2n) is 12.3. The Morgan fingerprint density at radius 1 is 1.27 bits per heavy atom. The van der Waals surface area contributed by atoms with Crippen LogP contribution in [0, 0.1) is 23.0 Å². The molecule has 14 heteroatoms. The number of piperidine rings is 1. The number of aromatic nitrogens is 2. The van der Waals surface area contributed by atoms with Crippen molar-refractivity contribution in [2.75, 3.05) is 43.5 Å². The van der Waals surface area contributed by atoms with Crippen molar-refractivity contribution in [1.82, 2.24) is 14.9 Å². The Hall–Kier alpha value is -3.57. The van der Waals surface area contributed by atoms with Gasteiger partial charge >= 0.3 is 6.01 Å². The molecular weight excluding hydrogens is 629 g/mol. The maximum absolute atomic E-state index is 17.0. The van der Waals surface area contributed by atoms with Gasteiger partial charge in [0.1, 0.15) is 47.6 Å². The predicted octanol–water partition coefficient (Wildman–Crippen LogP) is 5.57. The number of rotatable bonds is 4. The van der Waals surface area contributed by atoms with Crippen LogP contribution < -0.4 is 20.1 Å². The van der Waals surface area contributed by atoms with Crippen molar-refractivity contribution in [1.29, 1.82) is 5.26 Å². The lowest BCUT2D eigenvalue weighted by atomic mass is 9.95. The second-order valence-corrected chi connectivity index (χ2v) is 13.8. The van der Waals surface area contributed by atoms with E-state index in [1.54, 1.807) is 0 Å². The first-order valence-corrected chi connectivity index (χ1v) is 16.1. The summed E-state index contributed by atoms with van der Waals surface area (Å²) in [6, 6.07) is 4.20. The van der Waals surface area contributed by atoms with Gasteiger partial charge in [0.25, 0.3) is 0 Å². The van der Waals surface area contributed by atoms with E-state index in [-0.39, 0.29) is 78.7 Å². The zero-order valence-corrected chi connectivity index (χ0v) is 25.5. The van der Waals surface area contributed by atoms with Gasteiger partial charge in [0.05, 0.1) is 38.4 Å². The molecule has 4 atom stereocenters. The summed E-state index contributed by atoms with van der Waals surface area (Å²) in [6.45, 7) is 1.84. The fourth-order valence-electron chi connectivity index (χ4n) is 7.68. The molecule has 9 nitrogen and oxygen atoms in total. The molecule has 1 unspecified atom stereocenters. The van der Waals surface area contributed by atoms with Gasteiger partial charge in [0.2, 0.25) is 0 Å². The number of aliphatic hydroxyl groups excluding tert-OH is 1. The number of aliphatic hydroxyl groups is 1. The van der Waals surface area contributed by atoms with Crippen molar-refractivity contribution < 1.29 is 27.8 Å². The highest BCUT2D eigenvalue weighted by Crippen LogP contribution is 2.51. The number of thiophene rings is 1. The molecule has 0 bridgehead atoms. The highest BCUT2D eigenvalue weighted by atomic mass is 35.5. The largest absolute Gasteiger partial charge is 0.489 e. The number of alkyl halides is 1. The van der Waals surface area contributed by atoms with Crippen molar-refractivity contribution in [2.24, 2.45) is 0 Å². The van der Waals surface area contributed by atoms with E-state index >= 15 is 4.39 Å².